The van der Waals surface area contributed by atoms with Crippen LogP contribution in [-0.2, 0) is 4.79 Å². The number of amides is 2. The van der Waals surface area contributed by atoms with Gasteiger partial charge in [0, 0.05) is 10.8 Å². The highest BCUT2D eigenvalue weighted by Gasteiger charge is 2.21. The Balaban J connectivity index is 2.03. The van der Waals surface area contributed by atoms with E-state index in [1.807, 2.05) is 48.5 Å². The van der Waals surface area contributed by atoms with Gasteiger partial charge in [-0.3, -0.25) is 9.59 Å². The number of rotatable bonds is 7. The summed E-state index contributed by atoms with van der Waals surface area (Å²) in [4.78, 5) is 29.4. The van der Waals surface area contributed by atoms with Crippen LogP contribution in [0.5, 0.6) is 0 Å². The van der Waals surface area contributed by atoms with Crippen LogP contribution in [0, 0.1) is 0 Å². The first kappa shape index (κ1) is 17.6. The van der Waals surface area contributed by atoms with Crippen LogP contribution in [0.3, 0.4) is 0 Å². The number of fused-ring (bicyclic) bond motifs is 2. The van der Waals surface area contributed by atoms with Crippen LogP contribution >= 0.6 is 0 Å². The largest absolute Gasteiger partial charge is 0.368 e. The monoisotopic (exact) mass is 347 g/mol. The first-order valence-corrected chi connectivity index (χ1v) is 8.60. The van der Waals surface area contributed by atoms with Crippen molar-refractivity contribution in [3.8, 4) is 0 Å². The van der Waals surface area contributed by atoms with E-state index in [2.05, 4.69) is 16.9 Å². The summed E-state index contributed by atoms with van der Waals surface area (Å²) in [6, 6.07) is 14.2. The number of hydrogen-bond acceptors (Lipinski definition) is 3. The molecule has 1 atom stereocenters. The number of carbonyl (C=O) groups excluding carboxylic acids is 2. The molecule has 0 spiro atoms. The number of primary amides is 1. The third-order valence-electron chi connectivity index (χ3n) is 4.36. The highest BCUT2D eigenvalue weighted by atomic mass is 16.2. The fourth-order valence-corrected chi connectivity index (χ4v) is 3.07. The summed E-state index contributed by atoms with van der Waals surface area (Å²) in [5.74, 6) is -0.854. The van der Waals surface area contributed by atoms with Gasteiger partial charge in [0.25, 0.3) is 5.91 Å². The number of para-hydroxylation sites is 2. The molecule has 0 aliphatic carbocycles. The van der Waals surface area contributed by atoms with E-state index in [9.17, 15) is 9.59 Å². The SMILES string of the molecule is C=CCCC[C@@H](NC(=O)c1c2ccccc2nc2ccccc12)C(N)=O. The molecule has 3 rings (SSSR count). The Morgan fingerprint density at radius 2 is 1.65 bits per heavy atom. The molecule has 0 saturated heterocycles. The molecule has 0 saturated carbocycles. The maximum atomic E-state index is 13.1. The zero-order chi connectivity index (χ0) is 18.5. The summed E-state index contributed by atoms with van der Waals surface area (Å²) in [6.45, 7) is 3.67. The maximum Gasteiger partial charge on any atom is 0.253 e. The molecule has 2 amide bonds. The molecule has 1 aromatic heterocycles. The predicted molar refractivity (Wildman–Crippen MR) is 104 cm³/mol. The van der Waals surface area contributed by atoms with Crippen LogP contribution < -0.4 is 11.1 Å². The van der Waals surface area contributed by atoms with Crippen LogP contribution in [0.25, 0.3) is 21.8 Å². The molecule has 2 aromatic carbocycles. The van der Waals surface area contributed by atoms with Gasteiger partial charge in [0.05, 0.1) is 16.6 Å². The van der Waals surface area contributed by atoms with Gasteiger partial charge in [0.15, 0.2) is 0 Å². The summed E-state index contributed by atoms with van der Waals surface area (Å²) >= 11 is 0. The molecule has 3 N–H and O–H groups in total. The molecule has 1 heterocycles. The standard InChI is InChI=1S/C21H21N3O2/c1-2-3-4-13-18(20(22)25)24-21(26)19-14-9-5-7-11-16(14)23-17-12-8-6-10-15(17)19/h2,5-12,18H,1,3-4,13H2,(H2,22,25)(H,24,26)/t18-/m1/s1. The van der Waals surface area contributed by atoms with Crippen molar-refractivity contribution in [2.75, 3.05) is 0 Å². The Hall–Kier alpha value is -3.21. The second-order valence-electron chi connectivity index (χ2n) is 6.17. The first-order valence-electron chi connectivity index (χ1n) is 8.60. The van der Waals surface area contributed by atoms with Gasteiger partial charge in [-0.15, -0.1) is 6.58 Å². The molecule has 0 fully saturated rings. The van der Waals surface area contributed by atoms with Crippen molar-refractivity contribution >= 4 is 33.6 Å². The first-order chi connectivity index (χ1) is 12.6. The summed E-state index contributed by atoms with van der Waals surface area (Å²) in [7, 11) is 0. The summed E-state index contributed by atoms with van der Waals surface area (Å²) in [5.41, 5.74) is 7.46. The molecule has 26 heavy (non-hydrogen) atoms. The van der Waals surface area contributed by atoms with Crippen LogP contribution in [0.4, 0.5) is 0 Å². The number of unbranched alkanes of at least 4 members (excludes halogenated alkanes) is 1. The minimum atomic E-state index is -0.715. The molecule has 0 radical (unpaired) electrons. The quantitative estimate of drug-likeness (QED) is 0.390. The van der Waals surface area contributed by atoms with E-state index in [-0.39, 0.29) is 5.91 Å². The van der Waals surface area contributed by atoms with Gasteiger partial charge in [-0.05, 0) is 31.4 Å². The third kappa shape index (κ3) is 3.57. The second-order valence-corrected chi connectivity index (χ2v) is 6.17. The number of nitrogens with zero attached hydrogens (tertiary/aromatic N) is 1. The zero-order valence-corrected chi connectivity index (χ0v) is 14.4. The van der Waals surface area contributed by atoms with E-state index in [1.165, 1.54) is 0 Å². The van der Waals surface area contributed by atoms with Gasteiger partial charge < -0.3 is 11.1 Å². The van der Waals surface area contributed by atoms with Crippen molar-refractivity contribution in [1.82, 2.24) is 10.3 Å². The second kappa shape index (κ2) is 7.78. The van der Waals surface area contributed by atoms with E-state index >= 15 is 0 Å². The van der Waals surface area contributed by atoms with Gasteiger partial charge >= 0.3 is 0 Å². The Labute approximate surface area is 151 Å². The molecule has 5 heteroatoms. The van der Waals surface area contributed by atoms with Crippen molar-refractivity contribution in [3.63, 3.8) is 0 Å². The average Bonchev–Trinajstić information content (AvgIpc) is 2.65. The topological polar surface area (TPSA) is 85.1 Å². The molecular weight excluding hydrogens is 326 g/mol. The summed E-state index contributed by atoms with van der Waals surface area (Å²) < 4.78 is 0. The highest BCUT2D eigenvalue weighted by molar-refractivity contribution is 6.16. The molecular formula is C21H21N3O2. The van der Waals surface area contributed by atoms with E-state index in [4.69, 9.17) is 5.73 Å². The lowest BCUT2D eigenvalue weighted by atomic mass is 10.0. The van der Waals surface area contributed by atoms with Crippen molar-refractivity contribution in [2.24, 2.45) is 5.73 Å². The number of aromatic nitrogens is 1. The molecule has 132 valence electrons. The Morgan fingerprint density at radius 1 is 1.08 bits per heavy atom. The number of nitrogens with two attached hydrogens (primary N) is 1. The normalized spacial score (nSPS) is 12.0. The van der Waals surface area contributed by atoms with Crippen molar-refractivity contribution in [2.45, 2.75) is 25.3 Å². The third-order valence-corrected chi connectivity index (χ3v) is 4.36. The van der Waals surface area contributed by atoms with Crippen molar-refractivity contribution < 1.29 is 9.59 Å². The molecule has 0 bridgehead atoms. The van der Waals surface area contributed by atoms with Gasteiger partial charge in [-0.2, -0.15) is 0 Å². The fraction of sp³-hybridized carbons (Fsp3) is 0.190. The van der Waals surface area contributed by atoms with E-state index in [0.29, 0.717) is 12.0 Å². The Morgan fingerprint density at radius 3 is 2.19 bits per heavy atom. The van der Waals surface area contributed by atoms with E-state index in [0.717, 1.165) is 34.6 Å². The smallest absolute Gasteiger partial charge is 0.253 e. The lowest BCUT2D eigenvalue weighted by Crippen LogP contribution is -2.44. The van der Waals surface area contributed by atoms with E-state index < -0.39 is 11.9 Å². The van der Waals surface area contributed by atoms with Crippen LogP contribution in [0.15, 0.2) is 61.2 Å². The summed E-state index contributed by atoms with van der Waals surface area (Å²) in [6.07, 6.45) is 3.76. The average molecular weight is 347 g/mol. The van der Waals surface area contributed by atoms with Gasteiger partial charge in [-0.1, -0.05) is 42.5 Å². The lowest BCUT2D eigenvalue weighted by Gasteiger charge is -2.17. The molecule has 0 aliphatic rings. The minimum absolute atomic E-state index is 0.317. The number of carbonyl (C=O) groups is 2. The number of hydrogen-bond donors (Lipinski definition) is 2. The molecule has 0 aliphatic heterocycles. The van der Waals surface area contributed by atoms with E-state index in [1.54, 1.807) is 6.08 Å². The lowest BCUT2D eigenvalue weighted by molar-refractivity contribution is -0.120. The number of benzene rings is 2. The minimum Gasteiger partial charge on any atom is -0.368 e. The number of allylic oxidation sites excluding steroid dienone is 1. The highest BCUT2D eigenvalue weighted by Crippen LogP contribution is 2.26. The van der Waals surface area contributed by atoms with Gasteiger partial charge in [0.2, 0.25) is 5.91 Å². The molecule has 0 unspecified atom stereocenters. The number of pyridine rings is 1. The Kier molecular flexibility index (Phi) is 5.27. The van der Waals surface area contributed by atoms with Gasteiger partial charge in [0.1, 0.15) is 6.04 Å². The maximum absolute atomic E-state index is 13.1. The summed E-state index contributed by atoms with van der Waals surface area (Å²) in [5, 5.41) is 4.30. The van der Waals surface area contributed by atoms with Crippen LogP contribution in [0.2, 0.25) is 0 Å². The van der Waals surface area contributed by atoms with Crippen molar-refractivity contribution in [1.29, 1.82) is 0 Å². The molecule has 3 aromatic rings. The Bertz CT molecular complexity index is 927. The van der Waals surface area contributed by atoms with Crippen LogP contribution in [0.1, 0.15) is 29.6 Å². The van der Waals surface area contributed by atoms with Gasteiger partial charge in [-0.25, -0.2) is 4.98 Å². The molecule has 5 nitrogen and oxygen atoms in total. The fourth-order valence-electron chi connectivity index (χ4n) is 3.07. The zero-order valence-electron chi connectivity index (χ0n) is 14.4. The number of nitrogens with one attached hydrogen (secondary N) is 1. The van der Waals surface area contributed by atoms with Crippen LogP contribution in [-0.4, -0.2) is 22.8 Å². The van der Waals surface area contributed by atoms with Crippen molar-refractivity contribution in [3.05, 3.63) is 66.7 Å². The predicted octanol–water partition coefficient (Wildman–Crippen LogP) is 3.33.